The Balaban J connectivity index is 2.89. The van der Waals surface area contributed by atoms with Crippen molar-refractivity contribution in [2.45, 2.75) is 52.5 Å². The van der Waals surface area contributed by atoms with Crippen molar-refractivity contribution in [1.29, 1.82) is 0 Å². The van der Waals surface area contributed by atoms with E-state index in [-0.39, 0.29) is 5.41 Å². The molecule has 0 aliphatic rings. The van der Waals surface area contributed by atoms with E-state index in [0.29, 0.717) is 6.04 Å². The molecule has 0 heterocycles. The predicted octanol–water partition coefficient (Wildman–Crippen LogP) is 3.75. The van der Waals surface area contributed by atoms with Gasteiger partial charge in [0.1, 0.15) is 5.75 Å². The van der Waals surface area contributed by atoms with Gasteiger partial charge in [-0.05, 0) is 43.9 Å². The lowest BCUT2D eigenvalue weighted by molar-refractivity contribution is 0.318. The van der Waals surface area contributed by atoms with E-state index in [4.69, 9.17) is 4.74 Å². The van der Waals surface area contributed by atoms with Crippen LogP contribution in [0.5, 0.6) is 5.75 Å². The molecule has 0 saturated carbocycles. The van der Waals surface area contributed by atoms with Crippen molar-refractivity contribution >= 4 is 0 Å². The number of hydrogen-bond acceptors (Lipinski definition) is 2. The Bertz CT molecular complexity index is 360. The molecule has 1 aromatic rings. The molecule has 0 radical (unpaired) electrons. The summed E-state index contributed by atoms with van der Waals surface area (Å²) in [4.78, 5) is 0. The van der Waals surface area contributed by atoms with Gasteiger partial charge in [-0.3, -0.25) is 0 Å². The number of hydrogen-bond donors (Lipinski definition) is 1. The molecule has 102 valence electrons. The summed E-state index contributed by atoms with van der Waals surface area (Å²) in [5.41, 5.74) is 1.42. The summed E-state index contributed by atoms with van der Waals surface area (Å²) in [5.74, 6) is 1.02. The van der Waals surface area contributed by atoms with Crippen LogP contribution in [0.3, 0.4) is 0 Å². The second-order valence-corrected chi connectivity index (χ2v) is 5.48. The van der Waals surface area contributed by atoms with E-state index in [9.17, 15) is 0 Å². The van der Waals surface area contributed by atoms with Crippen molar-refractivity contribution in [1.82, 2.24) is 5.32 Å². The summed E-state index contributed by atoms with van der Waals surface area (Å²) in [6.07, 6.45) is 1.10. The molecule has 0 bridgehead atoms. The largest absolute Gasteiger partial charge is 0.494 e. The summed E-state index contributed by atoms with van der Waals surface area (Å²) in [6.45, 7) is 12.7. The van der Waals surface area contributed by atoms with Gasteiger partial charge in [0.05, 0.1) is 6.61 Å². The molecule has 0 amide bonds. The topological polar surface area (TPSA) is 21.3 Å². The van der Waals surface area contributed by atoms with Gasteiger partial charge < -0.3 is 10.1 Å². The summed E-state index contributed by atoms with van der Waals surface area (Å²) in [7, 11) is 0. The highest BCUT2D eigenvalue weighted by Gasteiger charge is 2.26. The Morgan fingerprint density at radius 1 is 1.22 bits per heavy atom. The Labute approximate surface area is 112 Å². The molecule has 1 rings (SSSR count). The van der Waals surface area contributed by atoms with Gasteiger partial charge in [0.2, 0.25) is 0 Å². The van der Waals surface area contributed by atoms with Crippen molar-refractivity contribution in [3.63, 3.8) is 0 Å². The monoisotopic (exact) mass is 249 g/mol. The first-order valence-electron chi connectivity index (χ1n) is 6.97. The molecule has 2 nitrogen and oxygen atoms in total. The van der Waals surface area contributed by atoms with E-state index >= 15 is 0 Å². The van der Waals surface area contributed by atoms with Gasteiger partial charge in [-0.25, -0.2) is 0 Å². The molecular weight excluding hydrogens is 222 g/mol. The van der Waals surface area contributed by atoms with Crippen LogP contribution in [0.25, 0.3) is 0 Å². The fourth-order valence-electron chi connectivity index (χ4n) is 2.60. The van der Waals surface area contributed by atoms with E-state index in [1.807, 2.05) is 13.0 Å². The lowest BCUT2D eigenvalue weighted by Crippen LogP contribution is -2.33. The fraction of sp³-hybridized carbons (Fsp3) is 0.625. The SMILES string of the molecule is CCNC(C)CC(C)(C)c1ccccc1OCC. The van der Waals surface area contributed by atoms with Crippen LogP contribution in [0.15, 0.2) is 24.3 Å². The predicted molar refractivity (Wildman–Crippen MR) is 78.4 cm³/mol. The quantitative estimate of drug-likeness (QED) is 0.794. The minimum absolute atomic E-state index is 0.118. The molecule has 0 aliphatic carbocycles. The molecule has 0 spiro atoms. The molecule has 1 aromatic carbocycles. The van der Waals surface area contributed by atoms with Gasteiger partial charge in [-0.2, -0.15) is 0 Å². The van der Waals surface area contributed by atoms with Crippen molar-refractivity contribution < 1.29 is 4.74 Å². The normalized spacial score (nSPS) is 13.4. The molecule has 0 aromatic heterocycles. The highest BCUT2D eigenvalue weighted by molar-refractivity contribution is 5.38. The van der Waals surface area contributed by atoms with E-state index < -0.39 is 0 Å². The standard InChI is InChI=1S/C16H27NO/c1-6-17-13(3)12-16(4,5)14-10-8-9-11-15(14)18-7-2/h8-11,13,17H,6-7,12H2,1-5H3. The van der Waals surface area contributed by atoms with E-state index in [1.165, 1.54) is 5.56 Å². The second kappa shape index (κ2) is 6.79. The zero-order valence-electron chi connectivity index (χ0n) is 12.4. The van der Waals surface area contributed by atoms with Crippen LogP contribution >= 0.6 is 0 Å². The maximum atomic E-state index is 5.74. The molecule has 1 unspecified atom stereocenters. The zero-order chi connectivity index (χ0) is 13.6. The molecule has 18 heavy (non-hydrogen) atoms. The van der Waals surface area contributed by atoms with E-state index in [2.05, 4.69) is 51.2 Å². The fourth-order valence-corrected chi connectivity index (χ4v) is 2.60. The number of rotatable bonds is 7. The number of ether oxygens (including phenoxy) is 1. The van der Waals surface area contributed by atoms with Crippen LogP contribution < -0.4 is 10.1 Å². The highest BCUT2D eigenvalue weighted by atomic mass is 16.5. The minimum Gasteiger partial charge on any atom is -0.494 e. The third-order valence-corrected chi connectivity index (χ3v) is 3.29. The Kier molecular flexibility index (Phi) is 5.67. The first-order valence-corrected chi connectivity index (χ1v) is 6.97. The summed E-state index contributed by atoms with van der Waals surface area (Å²) in [5, 5.41) is 3.48. The third-order valence-electron chi connectivity index (χ3n) is 3.29. The van der Waals surface area contributed by atoms with Crippen LogP contribution in [0, 0.1) is 0 Å². The molecule has 0 fully saturated rings. The maximum absolute atomic E-state index is 5.74. The number of benzene rings is 1. The van der Waals surface area contributed by atoms with Crippen LogP contribution in [-0.4, -0.2) is 19.2 Å². The second-order valence-electron chi connectivity index (χ2n) is 5.48. The lowest BCUT2D eigenvalue weighted by Gasteiger charge is -2.30. The first-order chi connectivity index (χ1) is 8.51. The Morgan fingerprint density at radius 3 is 2.50 bits per heavy atom. The minimum atomic E-state index is 0.118. The molecule has 1 N–H and O–H groups in total. The van der Waals surface area contributed by atoms with Crippen molar-refractivity contribution in [2.24, 2.45) is 0 Å². The summed E-state index contributed by atoms with van der Waals surface area (Å²) >= 11 is 0. The number of para-hydroxylation sites is 1. The Hall–Kier alpha value is -1.02. The molecule has 2 heteroatoms. The van der Waals surface area contributed by atoms with Gasteiger partial charge in [0, 0.05) is 6.04 Å². The van der Waals surface area contributed by atoms with Crippen LogP contribution in [-0.2, 0) is 5.41 Å². The van der Waals surface area contributed by atoms with Crippen molar-refractivity contribution in [3.8, 4) is 5.75 Å². The molecular formula is C16H27NO. The average molecular weight is 249 g/mol. The molecule has 0 saturated heterocycles. The summed E-state index contributed by atoms with van der Waals surface area (Å²) < 4.78 is 5.74. The summed E-state index contributed by atoms with van der Waals surface area (Å²) in [6, 6.07) is 8.90. The van der Waals surface area contributed by atoms with Crippen molar-refractivity contribution in [3.05, 3.63) is 29.8 Å². The van der Waals surface area contributed by atoms with Gasteiger partial charge in [-0.1, -0.05) is 39.0 Å². The van der Waals surface area contributed by atoms with Gasteiger partial charge in [-0.15, -0.1) is 0 Å². The van der Waals surface area contributed by atoms with Crippen LogP contribution in [0.4, 0.5) is 0 Å². The smallest absolute Gasteiger partial charge is 0.123 e. The van der Waals surface area contributed by atoms with E-state index in [0.717, 1.165) is 25.3 Å². The van der Waals surface area contributed by atoms with Crippen LogP contribution in [0.2, 0.25) is 0 Å². The maximum Gasteiger partial charge on any atom is 0.123 e. The average Bonchev–Trinajstić information content (AvgIpc) is 2.29. The molecule has 1 atom stereocenters. The first kappa shape index (κ1) is 15.0. The van der Waals surface area contributed by atoms with Gasteiger partial charge in [0.25, 0.3) is 0 Å². The van der Waals surface area contributed by atoms with Gasteiger partial charge >= 0.3 is 0 Å². The lowest BCUT2D eigenvalue weighted by atomic mass is 9.79. The zero-order valence-corrected chi connectivity index (χ0v) is 12.4. The van der Waals surface area contributed by atoms with Crippen LogP contribution in [0.1, 0.15) is 46.6 Å². The molecule has 0 aliphatic heterocycles. The van der Waals surface area contributed by atoms with Crippen molar-refractivity contribution in [2.75, 3.05) is 13.2 Å². The highest BCUT2D eigenvalue weighted by Crippen LogP contribution is 2.35. The Morgan fingerprint density at radius 2 is 1.89 bits per heavy atom. The van der Waals surface area contributed by atoms with E-state index in [1.54, 1.807) is 0 Å². The van der Waals surface area contributed by atoms with Gasteiger partial charge in [0.15, 0.2) is 0 Å². The third kappa shape index (κ3) is 4.02. The number of nitrogens with one attached hydrogen (secondary N) is 1.